The van der Waals surface area contributed by atoms with E-state index in [9.17, 15) is 4.79 Å². The molecule has 0 aliphatic carbocycles. The lowest BCUT2D eigenvalue weighted by atomic mass is 10.2. The number of thiazole rings is 1. The largest absolute Gasteiger partial charge is 0.296 e. The van der Waals surface area contributed by atoms with Crippen molar-refractivity contribution in [2.24, 2.45) is 0 Å². The van der Waals surface area contributed by atoms with Crippen LogP contribution in [0.5, 0.6) is 0 Å². The fourth-order valence-corrected chi connectivity index (χ4v) is 4.20. The minimum absolute atomic E-state index is 0.221. The van der Waals surface area contributed by atoms with Gasteiger partial charge in [-0.2, -0.15) is 0 Å². The summed E-state index contributed by atoms with van der Waals surface area (Å²) in [7, 11) is 0. The van der Waals surface area contributed by atoms with Gasteiger partial charge in [0.05, 0.1) is 15.9 Å². The van der Waals surface area contributed by atoms with Gasteiger partial charge in [-0.1, -0.05) is 30.3 Å². The summed E-state index contributed by atoms with van der Waals surface area (Å²) in [5.41, 5.74) is 4.82. The molecule has 7 heteroatoms. The Morgan fingerprint density at radius 2 is 1.96 bits per heavy atom. The maximum absolute atomic E-state index is 12.9. The third-order valence-electron chi connectivity index (χ3n) is 4.00. The molecule has 4 rings (SSSR count). The Kier molecular flexibility index (Phi) is 4.34. The third kappa shape index (κ3) is 3.04. The predicted octanol–water partition coefficient (Wildman–Crippen LogP) is 5.09. The quantitative estimate of drug-likeness (QED) is 0.496. The van der Waals surface area contributed by atoms with Crippen LogP contribution in [0, 0.1) is 13.8 Å². The molecule has 3 aromatic heterocycles. The molecule has 0 aliphatic heterocycles. The molecule has 4 aromatic rings. The summed E-state index contributed by atoms with van der Waals surface area (Å²) in [4.78, 5) is 21.9. The highest BCUT2D eigenvalue weighted by Crippen LogP contribution is 2.26. The van der Waals surface area contributed by atoms with E-state index in [1.165, 1.54) is 11.3 Å². The van der Waals surface area contributed by atoms with Crippen LogP contribution in [-0.4, -0.2) is 20.3 Å². The van der Waals surface area contributed by atoms with Gasteiger partial charge in [0.25, 0.3) is 5.91 Å². The number of rotatable bonds is 3. The fraction of sp³-hybridized carbons (Fsp3) is 0.105. The van der Waals surface area contributed by atoms with Gasteiger partial charge in [0, 0.05) is 17.1 Å². The number of imidazole rings is 1. The summed E-state index contributed by atoms with van der Waals surface area (Å²) >= 11 is 4.92. The first-order chi connectivity index (χ1) is 12.5. The summed E-state index contributed by atoms with van der Waals surface area (Å²) in [6, 6.07) is 11.9. The Bertz CT molecular complexity index is 1120. The van der Waals surface area contributed by atoms with E-state index in [1.807, 2.05) is 66.2 Å². The lowest BCUT2D eigenvalue weighted by Gasteiger charge is -2.05. The second kappa shape index (κ2) is 6.66. The monoisotopic (exact) mass is 426 g/mol. The molecular formula is C19H15BrN4OS. The van der Waals surface area contributed by atoms with E-state index in [-0.39, 0.29) is 5.91 Å². The number of benzene rings is 1. The van der Waals surface area contributed by atoms with Gasteiger partial charge in [0.15, 0.2) is 10.8 Å². The van der Waals surface area contributed by atoms with E-state index in [0.717, 1.165) is 26.9 Å². The van der Waals surface area contributed by atoms with E-state index >= 15 is 0 Å². The molecular weight excluding hydrogens is 412 g/mol. The molecule has 0 bridgehead atoms. The zero-order valence-electron chi connectivity index (χ0n) is 14.2. The van der Waals surface area contributed by atoms with Crippen molar-refractivity contribution in [1.29, 1.82) is 0 Å². The number of anilines is 1. The molecule has 0 unspecified atom stereocenters. The first-order valence-corrected chi connectivity index (χ1v) is 9.67. The molecule has 0 saturated carbocycles. The Balaban J connectivity index is 1.66. The molecule has 0 atom stereocenters. The lowest BCUT2D eigenvalue weighted by Crippen LogP contribution is -2.15. The molecule has 130 valence electrons. The number of nitrogens with one attached hydrogen (secondary N) is 1. The van der Waals surface area contributed by atoms with Crippen LogP contribution in [0.4, 0.5) is 5.13 Å². The molecule has 5 nitrogen and oxygen atoms in total. The molecule has 0 saturated heterocycles. The summed E-state index contributed by atoms with van der Waals surface area (Å²) in [5, 5.41) is 5.40. The van der Waals surface area contributed by atoms with Gasteiger partial charge in [-0.3, -0.25) is 14.5 Å². The molecule has 1 aromatic carbocycles. The Morgan fingerprint density at radius 3 is 2.73 bits per heavy atom. The highest BCUT2D eigenvalue weighted by Gasteiger charge is 2.19. The predicted molar refractivity (Wildman–Crippen MR) is 108 cm³/mol. The van der Waals surface area contributed by atoms with E-state index in [2.05, 4.69) is 31.2 Å². The van der Waals surface area contributed by atoms with Crippen molar-refractivity contribution in [3.63, 3.8) is 0 Å². The molecule has 0 radical (unpaired) electrons. The van der Waals surface area contributed by atoms with Crippen molar-refractivity contribution in [3.8, 4) is 11.3 Å². The van der Waals surface area contributed by atoms with Gasteiger partial charge in [-0.25, -0.2) is 9.97 Å². The van der Waals surface area contributed by atoms with E-state index in [1.54, 1.807) is 0 Å². The number of nitrogens with zero attached hydrogens (tertiary/aromatic N) is 3. The van der Waals surface area contributed by atoms with Crippen molar-refractivity contribution >= 4 is 44.0 Å². The van der Waals surface area contributed by atoms with Crippen LogP contribution in [0.2, 0.25) is 0 Å². The van der Waals surface area contributed by atoms with Crippen LogP contribution in [0.25, 0.3) is 16.9 Å². The van der Waals surface area contributed by atoms with Crippen LogP contribution >= 0.6 is 27.3 Å². The number of hydrogen-bond acceptors (Lipinski definition) is 4. The average molecular weight is 427 g/mol. The highest BCUT2D eigenvalue weighted by molar-refractivity contribution is 9.10. The van der Waals surface area contributed by atoms with Gasteiger partial charge >= 0.3 is 0 Å². The van der Waals surface area contributed by atoms with Crippen LogP contribution in [0.15, 0.2) is 52.4 Å². The summed E-state index contributed by atoms with van der Waals surface area (Å²) in [6.07, 6.45) is 1.91. The van der Waals surface area contributed by atoms with Crippen molar-refractivity contribution in [1.82, 2.24) is 14.4 Å². The standard InChI is InChI=1S/C19H15BrN4OS/c1-11-8-14(20)17-21-12(2)16(24(17)9-11)18(25)23-19-22-15(10-26-19)13-6-4-3-5-7-13/h3-10H,1-2H3,(H,22,23,25). The number of amides is 1. The van der Waals surface area contributed by atoms with Gasteiger partial charge in [0.2, 0.25) is 0 Å². The van der Waals surface area contributed by atoms with Crippen molar-refractivity contribution in [2.75, 3.05) is 5.32 Å². The number of halogens is 1. The summed E-state index contributed by atoms with van der Waals surface area (Å²) in [5.74, 6) is -0.221. The zero-order chi connectivity index (χ0) is 18.3. The van der Waals surface area contributed by atoms with Gasteiger partial charge in [0.1, 0.15) is 5.69 Å². The number of aryl methyl sites for hydroxylation is 2. The number of carbonyl (C=O) groups is 1. The van der Waals surface area contributed by atoms with E-state index < -0.39 is 0 Å². The highest BCUT2D eigenvalue weighted by atomic mass is 79.9. The van der Waals surface area contributed by atoms with Gasteiger partial charge in [-0.15, -0.1) is 11.3 Å². The first kappa shape index (κ1) is 16.9. The number of aromatic nitrogens is 3. The minimum Gasteiger partial charge on any atom is -0.296 e. The molecule has 0 aliphatic rings. The van der Waals surface area contributed by atoms with Crippen LogP contribution in [0.3, 0.4) is 0 Å². The average Bonchev–Trinajstić information content (AvgIpc) is 3.20. The van der Waals surface area contributed by atoms with Gasteiger partial charge in [-0.05, 0) is 41.4 Å². The number of pyridine rings is 1. The second-order valence-corrected chi connectivity index (χ2v) is 7.68. The van der Waals surface area contributed by atoms with Crippen LogP contribution in [0.1, 0.15) is 21.7 Å². The maximum atomic E-state index is 12.9. The van der Waals surface area contributed by atoms with Crippen LogP contribution in [-0.2, 0) is 0 Å². The zero-order valence-corrected chi connectivity index (χ0v) is 16.6. The maximum Gasteiger partial charge on any atom is 0.276 e. The number of hydrogen-bond donors (Lipinski definition) is 1. The SMILES string of the molecule is Cc1cc(Br)c2nc(C)c(C(=O)Nc3nc(-c4ccccc4)cs3)n2c1. The summed E-state index contributed by atoms with van der Waals surface area (Å²) in [6.45, 7) is 3.81. The fourth-order valence-electron chi connectivity index (χ4n) is 2.85. The minimum atomic E-state index is -0.221. The normalized spacial score (nSPS) is 11.0. The summed E-state index contributed by atoms with van der Waals surface area (Å²) < 4.78 is 2.68. The van der Waals surface area contributed by atoms with Gasteiger partial charge < -0.3 is 0 Å². The Hall–Kier alpha value is -2.51. The lowest BCUT2D eigenvalue weighted by molar-refractivity contribution is 0.102. The molecule has 0 fully saturated rings. The number of fused-ring (bicyclic) bond motifs is 1. The smallest absolute Gasteiger partial charge is 0.276 e. The Morgan fingerprint density at radius 1 is 1.19 bits per heavy atom. The van der Waals surface area contributed by atoms with Crippen molar-refractivity contribution < 1.29 is 4.79 Å². The number of carbonyl (C=O) groups excluding carboxylic acids is 1. The molecule has 26 heavy (non-hydrogen) atoms. The Labute approximate surface area is 162 Å². The third-order valence-corrected chi connectivity index (χ3v) is 5.34. The van der Waals surface area contributed by atoms with Crippen LogP contribution < -0.4 is 5.32 Å². The van der Waals surface area contributed by atoms with Crippen molar-refractivity contribution in [2.45, 2.75) is 13.8 Å². The molecule has 1 N–H and O–H groups in total. The molecule has 0 spiro atoms. The first-order valence-electron chi connectivity index (χ1n) is 8.00. The van der Waals surface area contributed by atoms with Crippen molar-refractivity contribution in [3.05, 3.63) is 69.4 Å². The topological polar surface area (TPSA) is 59.3 Å². The molecule has 1 amide bonds. The van der Waals surface area contributed by atoms with E-state index in [4.69, 9.17) is 0 Å². The second-order valence-electron chi connectivity index (χ2n) is 5.96. The molecule has 3 heterocycles. The van der Waals surface area contributed by atoms with E-state index in [0.29, 0.717) is 16.5 Å².